The molecule has 0 saturated heterocycles. The quantitative estimate of drug-likeness (QED) is 0.344. The number of aryl methyl sites for hydroxylation is 2. The first-order valence-electron chi connectivity index (χ1n) is 13.3. The number of carbonyl (C=O) groups excluding carboxylic acids is 3. The summed E-state index contributed by atoms with van der Waals surface area (Å²) in [5.74, 6) is -0.558. The molecule has 2 N–H and O–H groups in total. The van der Waals surface area contributed by atoms with Crippen LogP contribution >= 0.6 is 0 Å². The molecule has 0 aliphatic carbocycles. The molecule has 0 fully saturated rings. The van der Waals surface area contributed by atoms with E-state index >= 15 is 0 Å². The Morgan fingerprint density at radius 1 is 1.05 bits per heavy atom. The summed E-state index contributed by atoms with van der Waals surface area (Å²) in [7, 11) is 1.95. The van der Waals surface area contributed by atoms with Crippen molar-refractivity contribution in [3.05, 3.63) is 71.5 Å². The van der Waals surface area contributed by atoms with Crippen LogP contribution in [0.3, 0.4) is 0 Å². The van der Waals surface area contributed by atoms with Gasteiger partial charge in [0.1, 0.15) is 17.5 Å². The van der Waals surface area contributed by atoms with Crippen LogP contribution in [0.25, 0.3) is 33.5 Å². The number of carbonyl (C=O) groups is 3. The summed E-state index contributed by atoms with van der Waals surface area (Å²) in [5.41, 5.74) is 10.8. The normalized spacial score (nSPS) is 13.9. The Labute approximate surface area is 233 Å². The zero-order valence-electron chi connectivity index (χ0n) is 23.4. The summed E-state index contributed by atoms with van der Waals surface area (Å²) < 4.78 is 7.32. The number of amides is 2. The Hall–Kier alpha value is -4.53. The molecule has 0 radical (unpaired) electrons. The van der Waals surface area contributed by atoms with Crippen LogP contribution in [0.2, 0.25) is 0 Å². The number of primary amides is 1. The van der Waals surface area contributed by atoms with E-state index in [0.717, 1.165) is 44.8 Å². The fourth-order valence-corrected chi connectivity index (χ4v) is 5.09. The summed E-state index contributed by atoms with van der Waals surface area (Å²) in [6.07, 6.45) is 2.04. The zero-order valence-corrected chi connectivity index (χ0v) is 23.4. The first-order chi connectivity index (χ1) is 18.9. The maximum Gasteiger partial charge on any atom is 0.306 e. The van der Waals surface area contributed by atoms with Gasteiger partial charge < -0.3 is 19.9 Å². The van der Waals surface area contributed by atoms with Crippen molar-refractivity contribution in [3.63, 3.8) is 0 Å². The number of fused-ring (bicyclic) bond motifs is 2. The Morgan fingerprint density at radius 2 is 1.80 bits per heavy atom. The summed E-state index contributed by atoms with van der Waals surface area (Å²) in [5, 5.41) is 1.04. The van der Waals surface area contributed by atoms with Crippen LogP contribution in [0, 0.1) is 6.92 Å². The highest BCUT2D eigenvalue weighted by Gasteiger charge is 2.36. The van der Waals surface area contributed by atoms with Gasteiger partial charge in [0.15, 0.2) is 0 Å². The lowest BCUT2D eigenvalue weighted by atomic mass is 10.0. The molecule has 0 saturated carbocycles. The van der Waals surface area contributed by atoms with Crippen molar-refractivity contribution in [2.45, 2.75) is 58.7 Å². The number of imidazole rings is 1. The van der Waals surface area contributed by atoms with Crippen molar-refractivity contribution in [2.75, 3.05) is 0 Å². The molecule has 2 aromatic heterocycles. The van der Waals surface area contributed by atoms with Gasteiger partial charge in [-0.25, -0.2) is 4.98 Å². The van der Waals surface area contributed by atoms with Crippen LogP contribution < -0.4 is 5.73 Å². The number of hydrogen-bond acceptors (Lipinski definition) is 6. The van der Waals surface area contributed by atoms with Crippen LogP contribution in [0.5, 0.6) is 0 Å². The van der Waals surface area contributed by atoms with E-state index in [1.807, 2.05) is 55.1 Å². The highest BCUT2D eigenvalue weighted by molar-refractivity contribution is 6.01. The van der Waals surface area contributed by atoms with E-state index in [2.05, 4.69) is 17.1 Å². The fourth-order valence-electron chi connectivity index (χ4n) is 5.09. The zero-order chi connectivity index (χ0) is 28.8. The van der Waals surface area contributed by atoms with Crippen LogP contribution in [0.1, 0.15) is 55.2 Å². The van der Waals surface area contributed by atoms with Crippen molar-refractivity contribution in [1.29, 1.82) is 0 Å². The number of benzene rings is 2. The van der Waals surface area contributed by atoms with Gasteiger partial charge in [-0.15, -0.1) is 0 Å². The summed E-state index contributed by atoms with van der Waals surface area (Å²) in [4.78, 5) is 48.7. The number of ether oxygens (including phenoxy) is 1. The highest BCUT2D eigenvalue weighted by atomic mass is 16.6. The number of nitrogens with two attached hydrogens (primary N) is 1. The first-order valence-corrected chi connectivity index (χ1v) is 13.3. The summed E-state index contributed by atoms with van der Waals surface area (Å²) >= 11 is 0. The molecular weight excluding hydrogens is 506 g/mol. The van der Waals surface area contributed by atoms with Crippen molar-refractivity contribution < 1.29 is 19.1 Å². The minimum Gasteiger partial charge on any atom is -0.460 e. The van der Waals surface area contributed by atoms with Gasteiger partial charge in [0, 0.05) is 54.0 Å². The molecule has 9 nitrogen and oxygen atoms in total. The Kier molecular flexibility index (Phi) is 6.91. The topological polar surface area (TPSA) is 120 Å². The number of hydrogen-bond donors (Lipinski definition) is 1. The first kappa shape index (κ1) is 27.1. The predicted octanol–water partition coefficient (Wildman–Crippen LogP) is 4.54. The van der Waals surface area contributed by atoms with Crippen molar-refractivity contribution in [3.8, 4) is 22.6 Å². The SMILES string of the molecule is Cc1ccc2cc(-c3nc(-c4ccc5c(c4)CN(C(CCC(=O)OC(C)(C)C)C(N)=O)C5=O)cn3C)ccc2n1. The molecule has 2 aromatic carbocycles. The van der Waals surface area contributed by atoms with Crippen LogP contribution in [-0.2, 0) is 27.9 Å². The van der Waals surface area contributed by atoms with E-state index in [0.29, 0.717) is 5.56 Å². The average molecular weight is 540 g/mol. The monoisotopic (exact) mass is 539 g/mol. The summed E-state index contributed by atoms with van der Waals surface area (Å²) in [6.45, 7) is 7.53. The maximum absolute atomic E-state index is 13.2. The number of esters is 1. The fraction of sp³-hybridized carbons (Fsp3) is 0.323. The molecule has 5 rings (SSSR count). The second-order valence-electron chi connectivity index (χ2n) is 11.3. The lowest BCUT2D eigenvalue weighted by molar-refractivity contribution is -0.155. The number of nitrogens with zero attached hydrogens (tertiary/aromatic N) is 4. The Bertz CT molecular complexity index is 1650. The van der Waals surface area contributed by atoms with Crippen LogP contribution in [-0.4, -0.2) is 48.9 Å². The van der Waals surface area contributed by atoms with Gasteiger partial charge in [-0.1, -0.05) is 12.1 Å². The molecule has 0 spiro atoms. The molecule has 1 unspecified atom stereocenters. The van der Waals surface area contributed by atoms with Gasteiger partial charge in [-0.05, 0) is 76.1 Å². The predicted molar refractivity (Wildman–Crippen MR) is 152 cm³/mol. The van der Waals surface area contributed by atoms with Gasteiger partial charge in [0.05, 0.1) is 11.2 Å². The molecule has 1 aliphatic rings. The van der Waals surface area contributed by atoms with Gasteiger partial charge >= 0.3 is 5.97 Å². The van der Waals surface area contributed by atoms with Gasteiger partial charge in [0.25, 0.3) is 5.91 Å². The van der Waals surface area contributed by atoms with E-state index in [9.17, 15) is 14.4 Å². The van der Waals surface area contributed by atoms with Crippen molar-refractivity contribution in [2.24, 2.45) is 12.8 Å². The average Bonchev–Trinajstić information content (AvgIpc) is 3.42. The second kappa shape index (κ2) is 10.2. The maximum atomic E-state index is 13.2. The van der Waals surface area contributed by atoms with Crippen molar-refractivity contribution in [1.82, 2.24) is 19.4 Å². The number of aromatic nitrogens is 3. The van der Waals surface area contributed by atoms with E-state index in [1.54, 1.807) is 26.8 Å². The largest absolute Gasteiger partial charge is 0.460 e. The molecule has 206 valence electrons. The summed E-state index contributed by atoms with van der Waals surface area (Å²) in [6, 6.07) is 14.8. The second-order valence-corrected chi connectivity index (χ2v) is 11.3. The highest BCUT2D eigenvalue weighted by Crippen LogP contribution is 2.32. The van der Waals surface area contributed by atoms with E-state index in [-0.39, 0.29) is 25.3 Å². The molecule has 9 heteroatoms. The van der Waals surface area contributed by atoms with Gasteiger partial charge in [-0.3, -0.25) is 19.4 Å². The Morgan fingerprint density at radius 3 is 2.52 bits per heavy atom. The molecular formula is C31H33N5O4. The molecule has 1 aliphatic heterocycles. The molecule has 0 bridgehead atoms. The van der Waals surface area contributed by atoms with E-state index in [1.165, 1.54) is 4.90 Å². The van der Waals surface area contributed by atoms with Crippen molar-refractivity contribution >= 4 is 28.7 Å². The van der Waals surface area contributed by atoms with Crippen LogP contribution in [0.4, 0.5) is 0 Å². The molecule has 40 heavy (non-hydrogen) atoms. The third kappa shape index (κ3) is 5.45. The smallest absolute Gasteiger partial charge is 0.306 e. The standard InChI is InChI=1S/C31H33N5O4/c1-18-6-7-19-14-21(9-11-24(19)33-18)29-34-25(17-35(29)5)20-8-10-23-22(15-20)16-36(30(23)39)26(28(32)38)12-13-27(37)40-31(2,3)4/h6-11,14-15,17,26H,12-13,16H2,1-5H3,(H2,32,38). The third-order valence-electron chi connectivity index (χ3n) is 6.94. The molecule has 1 atom stereocenters. The lowest BCUT2D eigenvalue weighted by Crippen LogP contribution is -2.45. The number of rotatable bonds is 7. The number of pyridine rings is 1. The van der Waals surface area contributed by atoms with Crippen LogP contribution in [0.15, 0.2) is 54.7 Å². The lowest BCUT2D eigenvalue weighted by Gasteiger charge is -2.25. The van der Waals surface area contributed by atoms with E-state index < -0.39 is 23.5 Å². The Balaban J connectivity index is 1.37. The van der Waals surface area contributed by atoms with Gasteiger partial charge in [0.2, 0.25) is 5.91 Å². The molecule has 2 amide bonds. The molecule has 4 aromatic rings. The van der Waals surface area contributed by atoms with E-state index in [4.69, 9.17) is 15.5 Å². The third-order valence-corrected chi connectivity index (χ3v) is 6.94. The minimum absolute atomic E-state index is 0.0165. The van der Waals surface area contributed by atoms with Gasteiger partial charge in [-0.2, -0.15) is 0 Å². The molecule has 3 heterocycles. The minimum atomic E-state index is -0.913.